The SMILES string of the molecule is O=C(O)[C@@H]1[C@H](C(=O)Nc2ccc(Cl)cc2)[C@H]2C=C[C@H]1C2. The van der Waals surface area contributed by atoms with Gasteiger partial charge in [0.05, 0.1) is 11.8 Å². The standard InChI is InChI=1S/C15H14ClNO3/c16-10-3-5-11(6-4-10)17-14(18)12-8-1-2-9(7-8)13(12)15(19)20/h1-6,8-9,12-13H,7H2,(H,17,18)(H,19,20)/t8-,9-,12+,13-/m0/s1. The van der Waals surface area contributed by atoms with Crippen LogP contribution in [0.15, 0.2) is 36.4 Å². The smallest absolute Gasteiger partial charge is 0.307 e. The minimum atomic E-state index is -0.891. The van der Waals surface area contributed by atoms with Crippen LogP contribution < -0.4 is 5.32 Å². The largest absolute Gasteiger partial charge is 0.481 e. The number of nitrogens with one attached hydrogen (secondary N) is 1. The van der Waals surface area contributed by atoms with E-state index in [1.54, 1.807) is 24.3 Å². The van der Waals surface area contributed by atoms with Gasteiger partial charge in [-0.3, -0.25) is 9.59 Å². The quantitative estimate of drug-likeness (QED) is 0.842. The molecule has 4 atom stereocenters. The summed E-state index contributed by atoms with van der Waals surface area (Å²) in [5.74, 6) is -2.20. The van der Waals surface area contributed by atoms with Gasteiger partial charge in [-0.05, 0) is 42.5 Å². The van der Waals surface area contributed by atoms with Crippen molar-refractivity contribution in [1.82, 2.24) is 0 Å². The second-order valence-corrected chi connectivity index (χ2v) is 5.77. The van der Waals surface area contributed by atoms with E-state index in [-0.39, 0.29) is 17.7 Å². The molecule has 2 bridgehead atoms. The summed E-state index contributed by atoms with van der Waals surface area (Å²) in [5, 5.41) is 12.7. The van der Waals surface area contributed by atoms with Crippen molar-refractivity contribution in [3.8, 4) is 0 Å². The lowest BCUT2D eigenvalue weighted by Gasteiger charge is -2.23. The van der Waals surface area contributed by atoms with Gasteiger partial charge in [0.2, 0.25) is 5.91 Å². The lowest BCUT2D eigenvalue weighted by atomic mass is 9.82. The molecule has 0 unspecified atom stereocenters. The van der Waals surface area contributed by atoms with Crippen LogP contribution >= 0.6 is 11.6 Å². The highest BCUT2D eigenvalue weighted by Gasteiger charge is 2.51. The number of hydrogen-bond donors (Lipinski definition) is 2. The van der Waals surface area contributed by atoms with Crippen LogP contribution in [0.5, 0.6) is 0 Å². The maximum atomic E-state index is 12.4. The second kappa shape index (κ2) is 4.94. The summed E-state index contributed by atoms with van der Waals surface area (Å²) in [6.45, 7) is 0. The molecule has 2 aliphatic carbocycles. The van der Waals surface area contributed by atoms with E-state index in [2.05, 4.69) is 5.32 Å². The van der Waals surface area contributed by atoms with Crippen molar-refractivity contribution in [2.75, 3.05) is 5.32 Å². The molecule has 0 aliphatic heterocycles. The summed E-state index contributed by atoms with van der Waals surface area (Å²) < 4.78 is 0. The topological polar surface area (TPSA) is 66.4 Å². The van der Waals surface area contributed by atoms with Gasteiger partial charge >= 0.3 is 5.97 Å². The molecule has 0 heterocycles. The number of carboxylic acid groups (broad SMARTS) is 1. The number of benzene rings is 1. The van der Waals surface area contributed by atoms with Crippen LogP contribution in [0, 0.1) is 23.7 Å². The fourth-order valence-corrected chi connectivity index (χ4v) is 3.40. The van der Waals surface area contributed by atoms with Crippen molar-refractivity contribution in [2.24, 2.45) is 23.7 Å². The molecule has 1 fully saturated rings. The summed E-state index contributed by atoms with van der Waals surface area (Å²) in [5.41, 5.74) is 0.635. The van der Waals surface area contributed by atoms with Gasteiger partial charge in [0.25, 0.3) is 0 Å². The lowest BCUT2D eigenvalue weighted by molar-refractivity contribution is -0.146. The Bertz CT molecular complexity index is 581. The number of hydrogen-bond acceptors (Lipinski definition) is 2. The van der Waals surface area contributed by atoms with Gasteiger partial charge in [0.1, 0.15) is 0 Å². The summed E-state index contributed by atoms with van der Waals surface area (Å²) in [6, 6.07) is 6.79. The minimum Gasteiger partial charge on any atom is -0.481 e. The molecule has 0 radical (unpaired) electrons. The first-order valence-electron chi connectivity index (χ1n) is 6.54. The average Bonchev–Trinajstić information content (AvgIpc) is 3.01. The van der Waals surface area contributed by atoms with Crippen LogP contribution in [0.3, 0.4) is 0 Å². The maximum Gasteiger partial charge on any atom is 0.307 e. The first-order valence-corrected chi connectivity index (χ1v) is 6.91. The zero-order valence-electron chi connectivity index (χ0n) is 10.6. The Morgan fingerprint density at radius 3 is 2.30 bits per heavy atom. The highest BCUT2D eigenvalue weighted by Crippen LogP contribution is 2.48. The molecule has 4 nitrogen and oxygen atoms in total. The fourth-order valence-electron chi connectivity index (χ4n) is 3.28. The normalized spacial score (nSPS) is 30.4. The number of allylic oxidation sites excluding steroid dienone is 2. The molecular weight excluding hydrogens is 278 g/mol. The van der Waals surface area contributed by atoms with E-state index >= 15 is 0 Å². The Morgan fingerprint density at radius 1 is 1.10 bits per heavy atom. The van der Waals surface area contributed by atoms with Crippen LogP contribution in [-0.2, 0) is 9.59 Å². The summed E-state index contributed by atoms with van der Waals surface area (Å²) in [7, 11) is 0. The summed E-state index contributed by atoms with van der Waals surface area (Å²) >= 11 is 5.79. The Hall–Kier alpha value is -1.81. The monoisotopic (exact) mass is 291 g/mol. The molecule has 0 spiro atoms. The van der Waals surface area contributed by atoms with E-state index in [9.17, 15) is 14.7 Å². The van der Waals surface area contributed by atoms with E-state index in [1.807, 2.05) is 12.2 Å². The molecule has 104 valence electrons. The lowest BCUT2D eigenvalue weighted by Crippen LogP contribution is -2.36. The van der Waals surface area contributed by atoms with Crippen LogP contribution in [-0.4, -0.2) is 17.0 Å². The number of carboxylic acids is 1. The number of carbonyl (C=O) groups is 2. The molecule has 1 aromatic rings. The second-order valence-electron chi connectivity index (χ2n) is 5.33. The molecule has 3 rings (SSSR count). The molecule has 20 heavy (non-hydrogen) atoms. The Labute approximate surface area is 121 Å². The number of aliphatic carboxylic acids is 1. The molecule has 1 amide bonds. The van der Waals surface area contributed by atoms with Crippen molar-refractivity contribution in [2.45, 2.75) is 6.42 Å². The molecule has 1 aromatic carbocycles. The number of halogens is 1. The van der Waals surface area contributed by atoms with Crippen LogP contribution in [0.1, 0.15) is 6.42 Å². The molecule has 2 N–H and O–H groups in total. The van der Waals surface area contributed by atoms with Crippen molar-refractivity contribution >= 4 is 29.2 Å². The van der Waals surface area contributed by atoms with Crippen molar-refractivity contribution in [1.29, 1.82) is 0 Å². The molecule has 2 aliphatic rings. The number of fused-ring (bicyclic) bond motifs is 2. The minimum absolute atomic E-state index is 0.0153. The van der Waals surface area contributed by atoms with Gasteiger partial charge < -0.3 is 10.4 Å². The van der Waals surface area contributed by atoms with Crippen molar-refractivity contribution in [3.63, 3.8) is 0 Å². The van der Waals surface area contributed by atoms with Crippen LogP contribution in [0.25, 0.3) is 0 Å². The fraction of sp³-hybridized carbons (Fsp3) is 0.333. The van der Waals surface area contributed by atoms with Gasteiger partial charge in [0, 0.05) is 10.7 Å². The predicted octanol–water partition coefficient (Wildman–Crippen LogP) is 2.80. The van der Waals surface area contributed by atoms with E-state index in [4.69, 9.17) is 11.6 Å². The highest BCUT2D eigenvalue weighted by molar-refractivity contribution is 6.30. The molecule has 1 saturated carbocycles. The zero-order chi connectivity index (χ0) is 14.3. The number of carbonyl (C=O) groups excluding carboxylic acids is 1. The molecular formula is C15H14ClNO3. The van der Waals surface area contributed by atoms with Gasteiger partial charge in [-0.25, -0.2) is 0 Å². The summed E-state index contributed by atoms with van der Waals surface area (Å²) in [6.07, 6.45) is 4.65. The van der Waals surface area contributed by atoms with Crippen molar-refractivity contribution in [3.05, 3.63) is 41.4 Å². The summed E-state index contributed by atoms with van der Waals surface area (Å²) in [4.78, 5) is 23.7. The first-order chi connectivity index (χ1) is 9.56. The Kier molecular flexibility index (Phi) is 3.26. The third-order valence-corrected chi connectivity index (χ3v) is 4.41. The molecule has 0 aromatic heterocycles. The van der Waals surface area contributed by atoms with E-state index < -0.39 is 17.8 Å². The van der Waals surface area contributed by atoms with Gasteiger partial charge in [-0.2, -0.15) is 0 Å². The molecule has 0 saturated heterocycles. The van der Waals surface area contributed by atoms with E-state index in [0.29, 0.717) is 10.7 Å². The first kappa shape index (κ1) is 13.2. The van der Waals surface area contributed by atoms with Gasteiger partial charge in [-0.15, -0.1) is 0 Å². The average molecular weight is 292 g/mol. The predicted molar refractivity (Wildman–Crippen MR) is 75.4 cm³/mol. The van der Waals surface area contributed by atoms with Crippen LogP contribution in [0.4, 0.5) is 5.69 Å². The van der Waals surface area contributed by atoms with Crippen LogP contribution in [0.2, 0.25) is 5.02 Å². The highest BCUT2D eigenvalue weighted by atomic mass is 35.5. The Balaban J connectivity index is 1.78. The molecule has 5 heteroatoms. The van der Waals surface area contributed by atoms with Crippen molar-refractivity contribution < 1.29 is 14.7 Å². The number of amides is 1. The maximum absolute atomic E-state index is 12.4. The van der Waals surface area contributed by atoms with E-state index in [1.165, 1.54) is 0 Å². The van der Waals surface area contributed by atoms with Gasteiger partial charge in [0.15, 0.2) is 0 Å². The van der Waals surface area contributed by atoms with E-state index in [0.717, 1.165) is 6.42 Å². The number of anilines is 1. The van der Waals surface area contributed by atoms with Gasteiger partial charge in [-0.1, -0.05) is 23.8 Å². The zero-order valence-corrected chi connectivity index (χ0v) is 11.4. The Morgan fingerprint density at radius 2 is 1.70 bits per heavy atom. The third-order valence-electron chi connectivity index (χ3n) is 4.16. The number of rotatable bonds is 3. The third kappa shape index (κ3) is 2.20.